The molecule has 1 aromatic heterocycles. The van der Waals surface area contributed by atoms with E-state index in [0.717, 1.165) is 11.8 Å². The number of para-hydroxylation sites is 1. The van der Waals surface area contributed by atoms with Crippen molar-refractivity contribution >= 4 is 34.7 Å². The van der Waals surface area contributed by atoms with Crippen molar-refractivity contribution in [1.29, 1.82) is 0 Å². The Hall–Kier alpha value is -2.99. The fourth-order valence-electron chi connectivity index (χ4n) is 2.64. The largest absolute Gasteiger partial charge is 0.490 e. The van der Waals surface area contributed by atoms with Gasteiger partial charge in [0.25, 0.3) is 0 Å². The van der Waals surface area contributed by atoms with E-state index in [4.69, 9.17) is 25.5 Å². The van der Waals surface area contributed by atoms with Crippen molar-refractivity contribution in [2.75, 3.05) is 6.61 Å². The molecule has 1 N–H and O–H groups in total. The zero-order valence-electron chi connectivity index (χ0n) is 16.6. The predicted molar refractivity (Wildman–Crippen MR) is 114 cm³/mol. The molecule has 1 amide bonds. The van der Waals surface area contributed by atoms with Crippen LogP contribution in [0.3, 0.4) is 0 Å². The summed E-state index contributed by atoms with van der Waals surface area (Å²) < 4.78 is 17.1. The number of hydrogen-bond donors (Lipinski definition) is 1. The highest BCUT2D eigenvalue weighted by Crippen LogP contribution is 2.37. The van der Waals surface area contributed by atoms with E-state index in [1.54, 1.807) is 24.3 Å². The summed E-state index contributed by atoms with van der Waals surface area (Å²) >= 11 is 6.38. The minimum atomic E-state index is -0.440. The van der Waals surface area contributed by atoms with Crippen LogP contribution >= 0.6 is 11.6 Å². The molecule has 2 aromatic carbocycles. The lowest BCUT2D eigenvalue weighted by Crippen LogP contribution is -2.16. The lowest BCUT2D eigenvalue weighted by molar-refractivity contribution is 0.0929. The van der Waals surface area contributed by atoms with Gasteiger partial charge in [-0.15, -0.1) is 0 Å². The molecule has 0 bridgehead atoms. The topological polar surface area (TPSA) is 73.1 Å². The maximum absolute atomic E-state index is 12.3. The number of hydrazone groups is 1. The summed E-state index contributed by atoms with van der Waals surface area (Å²) in [7, 11) is 0. The number of ether oxygens (including phenoxy) is 2. The zero-order chi connectivity index (χ0) is 20.8. The summed E-state index contributed by atoms with van der Waals surface area (Å²) in [6.45, 7) is 6.35. The highest BCUT2D eigenvalue weighted by molar-refractivity contribution is 6.32. The molecule has 0 spiro atoms. The first-order chi connectivity index (χ1) is 14.0. The molecular weight excluding hydrogens is 392 g/mol. The number of amides is 1. The highest BCUT2D eigenvalue weighted by Gasteiger charge is 2.15. The molecule has 152 valence electrons. The van der Waals surface area contributed by atoms with Crippen molar-refractivity contribution in [2.24, 2.45) is 5.10 Å². The van der Waals surface area contributed by atoms with Crippen LogP contribution in [-0.2, 0) is 0 Å². The Morgan fingerprint density at radius 1 is 1.28 bits per heavy atom. The molecule has 1 atom stereocenters. The number of halogens is 1. The monoisotopic (exact) mass is 414 g/mol. The summed E-state index contributed by atoms with van der Waals surface area (Å²) in [6, 6.07) is 12.6. The van der Waals surface area contributed by atoms with Gasteiger partial charge in [0, 0.05) is 5.39 Å². The number of carbonyl (C=O) groups is 1. The first-order valence-electron chi connectivity index (χ1n) is 9.46. The molecule has 29 heavy (non-hydrogen) atoms. The number of rotatable bonds is 8. The standard InChI is InChI=1S/C22H23ClN2O4/c1-4-14(3)28-21-17(23)10-15(11-19(21)27-5-2)13-24-25-22(26)20-12-16-8-6-7-9-18(16)29-20/h6-14H,4-5H2,1-3H3,(H,25,26)/b24-13+/t14-/m0/s1. The third-order valence-electron chi connectivity index (χ3n) is 4.25. The average molecular weight is 415 g/mol. The maximum atomic E-state index is 12.3. The Morgan fingerprint density at radius 2 is 2.07 bits per heavy atom. The molecule has 0 aliphatic rings. The molecule has 0 saturated carbocycles. The van der Waals surface area contributed by atoms with Crippen LogP contribution < -0.4 is 14.9 Å². The van der Waals surface area contributed by atoms with Crippen LogP contribution in [0.4, 0.5) is 0 Å². The average Bonchev–Trinajstić information content (AvgIpc) is 3.15. The van der Waals surface area contributed by atoms with Crippen LogP contribution in [0.5, 0.6) is 11.5 Å². The summed E-state index contributed by atoms with van der Waals surface area (Å²) in [6.07, 6.45) is 2.34. The van der Waals surface area contributed by atoms with Gasteiger partial charge >= 0.3 is 5.91 Å². The second kappa shape index (κ2) is 9.47. The third kappa shape index (κ3) is 5.09. The molecule has 0 fully saturated rings. The molecule has 0 unspecified atom stereocenters. The molecular formula is C22H23ClN2O4. The van der Waals surface area contributed by atoms with Crippen molar-refractivity contribution < 1.29 is 18.7 Å². The van der Waals surface area contributed by atoms with E-state index in [9.17, 15) is 4.79 Å². The molecule has 0 aliphatic carbocycles. The molecule has 7 heteroatoms. The Labute approximate surface area is 174 Å². The normalized spacial score (nSPS) is 12.3. The van der Waals surface area contributed by atoms with Gasteiger partial charge in [-0.1, -0.05) is 36.7 Å². The first kappa shape index (κ1) is 20.7. The van der Waals surface area contributed by atoms with Gasteiger partial charge in [0.05, 0.1) is 23.9 Å². The van der Waals surface area contributed by atoms with E-state index in [-0.39, 0.29) is 11.9 Å². The van der Waals surface area contributed by atoms with Gasteiger partial charge in [-0.2, -0.15) is 5.10 Å². The number of hydrogen-bond acceptors (Lipinski definition) is 5. The van der Waals surface area contributed by atoms with Crippen LogP contribution in [0.2, 0.25) is 5.02 Å². The number of nitrogens with one attached hydrogen (secondary N) is 1. The van der Waals surface area contributed by atoms with Crippen LogP contribution in [0.25, 0.3) is 11.0 Å². The van der Waals surface area contributed by atoms with Crippen molar-refractivity contribution in [2.45, 2.75) is 33.3 Å². The van der Waals surface area contributed by atoms with Crippen LogP contribution in [-0.4, -0.2) is 24.8 Å². The van der Waals surface area contributed by atoms with E-state index in [0.29, 0.717) is 34.3 Å². The minimum Gasteiger partial charge on any atom is -0.490 e. The molecule has 3 rings (SSSR count). The number of fused-ring (bicyclic) bond motifs is 1. The van der Waals surface area contributed by atoms with Crippen LogP contribution in [0, 0.1) is 0 Å². The van der Waals surface area contributed by atoms with Crippen molar-refractivity contribution in [3.05, 3.63) is 58.8 Å². The van der Waals surface area contributed by atoms with Gasteiger partial charge in [0.1, 0.15) is 5.58 Å². The van der Waals surface area contributed by atoms with Gasteiger partial charge in [-0.05, 0) is 50.1 Å². The van der Waals surface area contributed by atoms with E-state index >= 15 is 0 Å². The highest BCUT2D eigenvalue weighted by atomic mass is 35.5. The molecule has 3 aromatic rings. The number of benzene rings is 2. The number of carbonyl (C=O) groups excluding carboxylic acids is 1. The zero-order valence-corrected chi connectivity index (χ0v) is 17.3. The number of furan rings is 1. The smallest absolute Gasteiger partial charge is 0.307 e. The number of nitrogens with zero attached hydrogens (tertiary/aromatic N) is 1. The van der Waals surface area contributed by atoms with E-state index in [2.05, 4.69) is 10.5 Å². The summed E-state index contributed by atoms with van der Waals surface area (Å²) in [5, 5.41) is 5.27. The van der Waals surface area contributed by atoms with Crippen molar-refractivity contribution in [1.82, 2.24) is 5.43 Å². The molecule has 0 radical (unpaired) electrons. The Balaban J connectivity index is 1.74. The second-order valence-corrected chi connectivity index (χ2v) is 6.85. The van der Waals surface area contributed by atoms with Gasteiger partial charge in [-0.3, -0.25) is 4.79 Å². The van der Waals surface area contributed by atoms with Crippen LogP contribution in [0.15, 0.2) is 52.0 Å². The van der Waals surface area contributed by atoms with Gasteiger partial charge in [-0.25, -0.2) is 5.43 Å². The van der Waals surface area contributed by atoms with Crippen molar-refractivity contribution in [3.8, 4) is 11.5 Å². The van der Waals surface area contributed by atoms with E-state index in [1.807, 2.05) is 39.0 Å². The predicted octanol–water partition coefficient (Wildman–Crippen LogP) is 5.43. The molecule has 1 heterocycles. The SMILES string of the molecule is CCOc1cc(/C=N/NC(=O)c2cc3ccccc3o2)cc(Cl)c1O[C@@H](C)CC. The Morgan fingerprint density at radius 3 is 2.79 bits per heavy atom. The van der Waals surface area contributed by atoms with E-state index in [1.165, 1.54) is 6.21 Å². The van der Waals surface area contributed by atoms with Crippen LogP contribution in [0.1, 0.15) is 43.3 Å². The quantitative estimate of drug-likeness (QED) is 0.394. The van der Waals surface area contributed by atoms with Gasteiger partial charge in [0.2, 0.25) is 0 Å². The maximum Gasteiger partial charge on any atom is 0.307 e. The van der Waals surface area contributed by atoms with Gasteiger partial charge in [0.15, 0.2) is 17.3 Å². The summed E-state index contributed by atoms with van der Waals surface area (Å²) in [5.41, 5.74) is 3.77. The van der Waals surface area contributed by atoms with Crippen molar-refractivity contribution in [3.63, 3.8) is 0 Å². The molecule has 0 saturated heterocycles. The lowest BCUT2D eigenvalue weighted by Gasteiger charge is -2.18. The van der Waals surface area contributed by atoms with Gasteiger partial charge < -0.3 is 13.9 Å². The fraction of sp³-hybridized carbons (Fsp3) is 0.273. The van der Waals surface area contributed by atoms with E-state index < -0.39 is 5.91 Å². The molecule has 6 nitrogen and oxygen atoms in total. The summed E-state index contributed by atoms with van der Waals surface area (Å²) in [5.74, 6) is 0.788. The second-order valence-electron chi connectivity index (χ2n) is 6.45. The summed E-state index contributed by atoms with van der Waals surface area (Å²) in [4.78, 5) is 12.3. The first-order valence-corrected chi connectivity index (χ1v) is 9.84. The minimum absolute atomic E-state index is 0.00863. The lowest BCUT2D eigenvalue weighted by atomic mass is 10.2. The third-order valence-corrected chi connectivity index (χ3v) is 4.54. The Bertz CT molecular complexity index is 996. The molecule has 0 aliphatic heterocycles. The Kier molecular flexibility index (Phi) is 6.77. The fourth-order valence-corrected chi connectivity index (χ4v) is 2.90.